The summed E-state index contributed by atoms with van der Waals surface area (Å²) in [5.74, 6) is -0.0515. The van der Waals surface area contributed by atoms with E-state index in [4.69, 9.17) is 10.8 Å². The Labute approximate surface area is 186 Å². The Bertz CT molecular complexity index is 568. The molecule has 9 nitrogen and oxygen atoms in total. The van der Waals surface area contributed by atoms with Gasteiger partial charge in [0, 0.05) is 19.4 Å². The number of tetrazole rings is 1. The number of aryl methyl sites for hydroxylation is 1. The topological polar surface area (TPSA) is 147 Å². The molecule has 0 saturated carbocycles. The van der Waals surface area contributed by atoms with Gasteiger partial charge in [0.05, 0.1) is 0 Å². The fourth-order valence-electron chi connectivity index (χ4n) is 3.55. The number of hydrogen-bond acceptors (Lipinski definition) is 6. The highest BCUT2D eigenvalue weighted by molar-refractivity contribution is 5.75. The lowest BCUT2D eigenvalue weighted by atomic mass is 10.0. The van der Waals surface area contributed by atoms with Crippen LogP contribution in [0.3, 0.4) is 0 Å². The Morgan fingerprint density at radius 2 is 1.45 bits per heavy atom. The van der Waals surface area contributed by atoms with Gasteiger partial charge in [-0.1, -0.05) is 69.4 Å². The van der Waals surface area contributed by atoms with Crippen molar-refractivity contribution in [3.63, 3.8) is 0 Å². The van der Waals surface area contributed by atoms with E-state index in [9.17, 15) is 9.59 Å². The first kappa shape index (κ1) is 27.0. The summed E-state index contributed by atoms with van der Waals surface area (Å²) >= 11 is 0. The van der Waals surface area contributed by atoms with Crippen LogP contribution < -0.4 is 11.1 Å². The number of carboxylic acids is 1. The summed E-state index contributed by atoms with van der Waals surface area (Å²) in [5.41, 5.74) is 5.44. The summed E-state index contributed by atoms with van der Waals surface area (Å²) in [6.45, 7) is 0.601. The van der Waals surface area contributed by atoms with Crippen molar-refractivity contribution < 1.29 is 14.7 Å². The van der Waals surface area contributed by atoms with E-state index in [2.05, 4.69) is 25.9 Å². The van der Waals surface area contributed by atoms with Crippen molar-refractivity contribution in [1.82, 2.24) is 25.9 Å². The van der Waals surface area contributed by atoms with Gasteiger partial charge < -0.3 is 16.2 Å². The zero-order valence-corrected chi connectivity index (χ0v) is 19.0. The number of nitrogens with one attached hydrogen (secondary N) is 2. The van der Waals surface area contributed by atoms with E-state index >= 15 is 0 Å². The Hall–Kier alpha value is -2.03. The number of carboxylic acid groups (broad SMARTS) is 1. The van der Waals surface area contributed by atoms with Gasteiger partial charge in [-0.2, -0.15) is 5.21 Å². The number of carbonyl (C=O) groups is 2. The smallest absolute Gasteiger partial charge is 0.320 e. The zero-order chi connectivity index (χ0) is 22.6. The fourth-order valence-corrected chi connectivity index (χ4v) is 3.55. The van der Waals surface area contributed by atoms with Gasteiger partial charge in [-0.25, -0.2) is 0 Å². The normalized spacial score (nSPS) is 12.0. The molecular weight excluding hydrogens is 396 g/mol. The molecule has 0 unspecified atom stereocenters. The number of rotatable bonds is 21. The van der Waals surface area contributed by atoms with E-state index in [0.717, 1.165) is 44.3 Å². The number of H-pyrrole nitrogens is 1. The van der Waals surface area contributed by atoms with Crippen LogP contribution in [0.1, 0.15) is 109 Å². The molecule has 31 heavy (non-hydrogen) atoms. The molecule has 0 aliphatic heterocycles. The highest BCUT2D eigenvalue weighted by atomic mass is 16.4. The summed E-state index contributed by atoms with van der Waals surface area (Å²) in [7, 11) is 0. The maximum absolute atomic E-state index is 11.8. The van der Waals surface area contributed by atoms with Crippen LogP contribution in [-0.2, 0) is 16.0 Å². The summed E-state index contributed by atoms with van der Waals surface area (Å²) in [6.07, 6.45) is 18.2. The van der Waals surface area contributed by atoms with E-state index in [1.54, 1.807) is 0 Å². The molecule has 1 aromatic rings. The summed E-state index contributed by atoms with van der Waals surface area (Å²) in [6, 6.07) is -0.796. The van der Waals surface area contributed by atoms with Gasteiger partial charge in [-0.3, -0.25) is 9.59 Å². The van der Waals surface area contributed by atoms with Crippen molar-refractivity contribution in [2.75, 3.05) is 6.54 Å². The van der Waals surface area contributed by atoms with Crippen molar-refractivity contribution in [2.45, 2.75) is 115 Å². The maximum atomic E-state index is 11.8. The second-order valence-corrected chi connectivity index (χ2v) is 8.36. The second kappa shape index (κ2) is 18.7. The lowest BCUT2D eigenvalue weighted by molar-refractivity contribution is -0.138. The van der Waals surface area contributed by atoms with Gasteiger partial charge in [-0.15, -0.1) is 10.2 Å². The first-order valence-electron chi connectivity index (χ1n) is 12.1. The number of unbranched alkanes of at least 4 members (excludes halogenated alkanes) is 12. The molecule has 0 aromatic carbocycles. The molecule has 1 heterocycles. The molecule has 0 bridgehead atoms. The standard InChI is InChI=1S/C22H42N6O3/c23-19(22(30)31)15-13-14-18-24-21(29)17-12-10-8-6-4-2-1-3-5-7-9-11-16-20-25-27-28-26-20/h19H,1-18,23H2,(H,24,29)(H,30,31)(H,25,26,27,28)/t19-/m0/s1. The number of nitrogens with two attached hydrogens (primary N) is 1. The molecule has 0 spiro atoms. The van der Waals surface area contributed by atoms with Crippen LogP contribution in [0.5, 0.6) is 0 Å². The number of hydrogen-bond donors (Lipinski definition) is 4. The SMILES string of the molecule is N[C@@H](CCCCNC(=O)CCCCCCCCCCCCCCc1nn[nH]n1)C(=O)O. The van der Waals surface area contributed by atoms with Crippen LogP contribution in [0.15, 0.2) is 0 Å². The molecule has 1 aromatic heterocycles. The van der Waals surface area contributed by atoms with Crippen LogP contribution in [0.2, 0.25) is 0 Å². The van der Waals surface area contributed by atoms with Gasteiger partial charge in [0.1, 0.15) is 6.04 Å². The van der Waals surface area contributed by atoms with Crippen LogP contribution in [0.4, 0.5) is 0 Å². The van der Waals surface area contributed by atoms with Crippen molar-refractivity contribution in [2.24, 2.45) is 5.73 Å². The average molecular weight is 439 g/mol. The third kappa shape index (κ3) is 16.3. The van der Waals surface area contributed by atoms with Gasteiger partial charge in [-0.05, 0) is 32.1 Å². The summed E-state index contributed by atoms with van der Waals surface area (Å²) in [5, 5.41) is 25.6. The number of aromatic amines is 1. The number of carbonyl (C=O) groups excluding carboxylic acids is 1. The highest BCUT2D eigenvalue weighted by Crippen LogP contribution is 2.13. The maximum Gasteiger partial charge on any atom is 0.320 e. The van der Waals surface area contributed by atoms with Crippen LogP contribution >= 0.6 is 0 Å². The highest BCUT2D eigenvalue weighted by Gasteiger charge is 2.10. The zero-order valence-electron chi connectivity index (χ0n) is 19.0. The number of aliphatic carboxylic acids is 1. The van der Waals surface area contributed by atoms with E-state index in [1.807, 2.05) is 0 Å². The molecule has 0 aliphatic carbocycles. The Balaban J connectivity index is 1.74. The molecule has 178 valence electrons. The van der Waals surface area contributed by atoms with Crippen molar-refractivity contribution >= 4 is 11.9 Å². The largest absolute Gasteiger partial charge is 0.480 e. The first-order chi connectivity index (χ1) is 15.1. The molecule has 0 radical (unpaired) electrons. The van der Waals surface area contributed by atoms with E-state index < -0.39 is 12.0 Å². The van der Waals surface area contributed by atoms with Gasteiger partial charge in [0.15, 0.2) is 5.82 Å². The third-order valence-corrected chi connectivity index (χ3v) is 5.52. The summed E-state index contributed by atoms with van der Waals surface area (Å²) < 4.78 is 0. The molecule has 9 heteroatoms. The van der Waals surface area contributed by atoms with Gasteiger partial charge in [0.2, 0.25) is 5.91 Å². The van der Waals surface area contributed by atoms with Crippen LogP contribution in [0.25, 0.3) is 0 Å². The monoisotopic (exact) mass is 438 g/mol. The van der Waals surface area contributed by atoms with Crippen molar-refractivity contribution in [3.05, 3.63) is 5.82 Å². The predicted molar refractivity (Wildman–Crippen MR) is 120 cm³/mol. The average Bonchev–Trinajstić information content (AvgIpc) is 3.27. The number of nitrogens with zero attached hydrogens (tertiary/aromatic N) is 3. The van der Waals surface area contributed by atoms with Crippen LogP contribution in [0, 0.1) is 0 Å². The Kier molecular flexibility index (Phi) is 16.3. The molecule has 0 saturated heterocycles. The third-order valence-electron chi connectivity index (χ3n) is 5.52. The Morgan fingerprint density at radius 3 is 2.00 bits per heavy atom. The second-order valence-electron chi connectivity index (χ2n) is 8.36. The number of aromatic nitrogens is 4. The molecule has 1 amide bonds. The molecule has 0 aliphatic rings. The van der Waals surface area contributed by atoms with Crippen LogP contribution in [-0.4, -0.2) is 50.2 Å². The Morgan fingerprint density at radius 1 is 0.871 bits per heavy atom. The molecule has 0 fully saturated rings. The van der Waals surface area contributed by atoms with Gasteiger partial charge >= 0.3 is 5.97 Å². The van der Waals surface area contributed by atoms with E-state index in [1.165, 1.54) is 57.8 Å². The van der Waals surface area contributed by atoms with Gasteiger partial charge in [0.25, 0.3) is 0 Å². The number of amides is 1. The molecule has 5 N–H and O–H groups in total. The quantitative estimate of drug-likeness (QED) is 0.215. The first-order valence-corrected chi connectivity index (χ1v) is 12.1. The van der Waals surface area contributed by atoms with Crippen molar-refractivity contribution in [1.29, 1.82) is 0 Å². The minimum absolute atomic E-state index is 0.0971. The molecule has 1 rings (SSSR count). The van der Waals surface area contributed by atoms with E-state index in [0.29, 0.717) is 19.4 Å². The predicted octanol–water partition coefficient (Wildman–Crippen LogP) is 3.51. The molecule has 1 atom stereocenters. The van der Waals surface area contributed by atoms with E-state index in [-0.39, 0.29) is 5.91 Å². The lowest BCUT2D eigenvalue weighted by Crippen LogP contribution is -2.30. The van der Waals surface area contributed by atoms with Crippen molar-refractivity contribution in [3.8, 4) is 0 Å². The summed E-state index contributed by atoms with van der Waals surface area (Å²) in [4.78, 5) is 22.4. The lowest BCUT2D eigenvalue weighted by Gasteiger charge is -2.07. The fraction of sp³-hybridized carbons (Fsp3) is 0.864. The minimum Gasteiger partial charge on any atom is -0.480 e. The molecular formula is C22H42N6O3. The minimum atomic E-state index is -0.964.